The Labute approximate surface area is 113 Å². The summed E-state index contributed by atoms with van der Waals surface area (Å²) in [5, 5.41) is 9.61. The Morgan fingerprint density at radius 1 is 1.32 bits per heavy atom. The van der Waals surface area contributed by atoms with E-state index in [1.54, 1.807) is 18.2 Å². The molecule has 19 heavy (non-hydrogen) atoms. The van der Waals surface area contributed by atoms with Gasteiger partial charge in [-0.1, -0.05) is 18.2 Å². The van der Waals surface area contributed by atoms with Crippen LogP contribution in [-0.2, 0) is 10.2 Å². The van der Waals surface area contributed by atoms with Crippen molar-refractivity contribution in [3.8, 4) is 0 Å². The zero-order chi connectivity index (χ0) is 14.0. The number of nitrogens with zero attached hydrogens (tertiary/aromatic N) is 1. The average molecular weight is 265 g/mol. The van der Waals surface area contributed by atoms with Gasteiger partial charge in [0, 0.05) is 11.6 Å². The average Bonchev–Trinajstić information content (AvgIpc) is 2.39. The number of rotatable bonds is 3. The van der Waals surface area contributed by atoms with Crippen LogP contribution in [0, 0.1) is 5.82 Å². The number of hydrogen-bond donors (Lipinski definition) is 1. The number of aliphatic carboxylic acids is 1. The minimum atomic E-state index is -1.07. The zero-order valence-corrected chi connectivity index (χ0v) is 11.4. The molecule has 1 aromatic carbocycles. The highest BCUT2D eigenvalue weighted by atomic mass is 19.1. The molecule has 1 aliphatic heterocycles. The van der Waals surface area contributed by atoms with Crippen LogP contribution in [-0.4, -0.2) is 35.1 Å². The molecule has 0 unspecified atom stereocenters. The molecule has 0 bridgehead atoms. The lowest BCUT2D eigenvalue weighted by atomic mass is 9.72. The molecule has 104 valence electrons. The Balaban J connectivity index is 2.32. The molecule has 1 N–H and O–H groups in total. The summed E-state index contributed by atoms with van der Waals surface area (Å²) in [5.74, 6) is -1.33. The number of benzene rings is 1. The first-order valence-corrected chi connectivity index (χ1v) is 6.70. The van der Waals surface area contributed by atoms with Crippen LogP contribution in [0.4, 0.5) is 4.39 Å². The number of halogens is 1. The van der Waals surface area contributed by atoms with Gasteiger partial charge in [0.1, 0.15) is 5.82 Å². The molecule has 1 aliphatic rings. The molecular formula is C15H20FNO2. The van der Waals surface area contributed by atoms with Gasteiger partial charge in [-0.3, -0.25) is 4.79 Å². The fraction of sp³-hybridized carbons (Fsp3) is 0.533. The highest BCUT2D eigenvalue weighted by molar-refractivity contribution is 5.81. The van der Waals surface area contributed by atoms with Gasteiger partial charge in [0.25, 0.3) is 0 Å². The van der Waals surface area contributed by atoms with E-state index >= 15 is 0 Å². The molecule has 0 aromatic heterocycles. The van der Waals surface area contributed by atoms with Crippen LogP contribution in [0.5, 0.6) is 0 Å². The predicted molar refractivity (Wildman–Crippen MR) is 71.7 cm³/mol. The van der Waals surface area contributed by atoms with E-state index in [0.717, 1.165) is 0 Å². The molecule has 0 radical (unpaired) electrons. The standard InChI is InChI=1S/C15H20FNO2/c1-11(2)17-9-7-15(8-10-17,14(18)19)12-5-3-4-6-13(12)16/h3-6,11H,7-10H2,1-2H3,(H,18,19). The SMILES string of the molecule is CC(C)N1CCC(C(=O)O)(c2ccccc2F)CC1. The summed E-state index contributed by atoms with van der Waals surface area (Å²) in [6.07, 6.45) is 0.920. The van der Waals surface area contributed by atoms with Crippen LogP contribution in [0.25, 0.3) is 0 Å². The van der Waals surface area contributed by atoms with Gasteiger partial charge in [0.2, 0.25) is 0 Å². The first-order valence-electron chi connectivity index (χ1n) is 6.70. The van der Waals surface area contributed by atoms with E-state index in [4.69, 9.17) is 0 Å². The van der Waals surface area contributed by atoms with Crippen molar-refractivity contribution in [3.63, 3.8) is 0 Å². The van der Waals surface area contributed by atoms with Crippen molar-refractivity contribution in [1.82, 2.24) is 4.90 Å². The number of piperidine rings is 1. The van der Waals surface area contributed by atoms with Gasteiger partial charge in [-0.15, -0.1) is 0 Å². The maximum Gasteiger partial charge on any atom is 0.314 e. The highest BCUT2D eigenvalue weighted by Crippen LogP contribution is 2.37. The molecule has 0 amide bonds. The van der Waals surface area contributed by atoms with E-state index in [-0.39, 0.29) is 0 Å². The third-order valence-electron chi connectivity index (χ3n) is 4.18. The predicted octanol–water partition coefficient (Wildman–Crippen LogP) is 2.65. The molecule has 4 heteroatoms. The van der Waals surface area contributed by atoms with Crippen LogP contribution in [0.1, 0.15) is 32.3 Å². The monoisotopic (exact) mass is 265 g/mol. The van der Waals surface area contributed by atoms with Gasteiger partial charge in [-0.05, 0) is 45.8 Å². The lowest BCUT2D eigenvalue weighted by molar-refractivity contribution is -0.146. The van der Waals surface area contributed by atoms with E-state index in [2.05, 4.69) is 18.7 Å². The lowest BCUT2D eigenvalue weighted by Crippen LogP contribution is -2.49. The van der Waals surface area contributed by atoms with Crippen molar-refractivity contribution in [3.05, 3.63) is 35.6 Å². The van der Waals surface area contributed by atoms with Gasteiger partial charge in [-0.25, -0.2) is 4.39 Å². The molecular weight excluding hydrogens is 245 g/mol. The van der Waals surface area contributed by atoms with Gasteiger partial charge < -0.3 is 10.0 Å². The Bertz CT molecular complexity index is 465. The normalized spacial score (nSPS) is 19.6. The Morgan fingerprint density at radius 2 is 1.89 bits per heavy atom. The van der Waals surface area contributed by atoms with Crippen LogP contribution in [0.3, 0.4) is 0 Å². The van der Waals surface area contributed by atoms with Crippen molar-refractivity contribution in [1.29, 1.82) is 0 Å². The first kappa shape index (κ1) is 14.0. The molecule has 1 aromatic rings. The molecule has 0 aliphatic carbocycles. The summed E-state index contributed by atoms with van der Waals surface area (Å²) >= 11 is 0. The summed E-state index contributed by atoms with van der Waals surface area (Å²) in [5.41, 5.74) is -0.748. The molecule has 0 saturated carbocycles. The number of hydrogen-bond acceptors (Lipinski definition) is 2. The lowest BCUT2D eigenvalue weighted by Gasteiger charge is -2.40. The molecule has 1 heterocycles. The third kappa shape index (κ3) is 2.50. The van der Waals surface area contributed by atoms with E-state index in [1.165, 1.54) is 6.07 Å². The molecule has 3 nitrogen and oxygen atoms in total. The van der Waals surface area contributed by atoms with Gasteiger partial charge in [0.05, 0.1) is 5.41 Å². The van der Waals surface area contributed by atoms with Gasteiger partial charge in [0.15, 0.2) is 0 Å². The summed E-state index contributed by atoms with van der Waals surface area (Å²) in [4.78, 5) is 14.0. The van der Waals surface area contributed by atoms with Crippen molar-refractivity contribution in [2.75, 3.05) is 13.1 Å². The second-order valence-corrected chi connectivity index (χ2v) is 5.50. The fourth-order valence-corrected chi connectivity index (χ4v) is 2.87. The largest absolute Gasteiger partial charge is 0.481 e. The first-order chi connectivity index (χ1) is 8.97. The van der Waals surface area contributed by atoms with Crippen molar-refractivity contribution < 1.29 is 14.3 Å². The number of carboxylic acids is 1. The quantitative estimate of drug-likeness (QED) is 0.913. The summed E-state index contributed by atoms with van der Waals surface area (Å²) < 4.78 is 14.0. The molecule has 0 atom stereocenters. The Kier molecular flexibility index (Phi) is 3.90. The van der Waals surface area contributed by atoms with Crippen LogP contribution in [0.2, 0.25) is 0 Å². The van der Waals surface area contributed by atoms with E-state index in [1.807, 2.05) is 0 Å². The van der Waals surface area contributed by atoms with Crippen molar-refractivity contribution in [2.24, 2.45) is 0 Å². The van der Waals surface area contributed by atoms with Crippen LogP contribution < -0.4 is 0 Å². The highest BCUT2D eigenvalue weighted by Gasteiger charge is 2.44. The summed E-state index contributed by atoms with van der Waals surface area (Å²) in [6, 6.07) is 6.64. The van der Waals surface area contributed by atoms with E-state index in [9.17, 15) is 14.3 Å². The second-order valence-electron chi connectivity index (χ2n) is 5.50. The smallest absolute Gasteiger partial charge is 0.314 e. The van der Waals surface area contributed by atoms with Crippen molar-refractivity contribution in [2.45, 2.75) is 38.1 Å². The molecule has 1 saturated heterocycles. The molecule has 2 rings (SSSR count). The number of likely N-dealkylation sites (tertiary alicyclic amines) is 1. The van der Waals surface area contributed by atoms with Crippen LogP contribution >= 0.6 is 0 Å². The van der Waals surface area contributed by atoms with Crippen molar-refractivity contribution >= 4 is 5.97 Å². The van der Waals surface area contributed by atoms with Crippen LogP contribution in [0.15, 0.2) is 24.3 Å². The van der Waals surface area contributed by atoms with E-state index in [0.29, 0.717) is 37.5 Å². The third-order valence-corrected chi connectivity index (χ3v) is 4.18. The minimum absolute atomic E-state index is 0.325. The van der Waals surface area contributed by atoms with Gasteiger partial charge >= 0.3 is 5.97 Å². The Morgan fingerprint density at radius 3 is 2.37 bits per heavy atom. The zero-order valence-electron chi connectivity index (χ0n) is 11.4. The fourth-order valence-electron chi connectivity index (χ4n) is 2.87. The number of carbonyl (C=O) groups is 1. The summed E-state index contributed by atoms with van der Waals surface area (Å²) in [6.45, 7) is 5.57. The second kappa shape index (κ2) is 5.29. The topological polar surface area (TPSA) is 40.5 Å². The maximum atomic E-state index is 14.0. The summed E-state index contributed by atoms with van der Waals surface area (Å²) in [7, 11) is 0. The minimum Gasteiger partial charge on any atom is -0.481 e. The van der Waals surface area contributed by atoms with E-state index < -0.39 is 17.2 Å². The molecule has 1 fully saturated rings. The maximum absolute atomic E-state index is 14.0. The van der Waals surface area contributed by atoms with Gasteiger partial charge in [-0.2, -0.15) is 0 Å². The number of carboxylic acid groups (broad SMARTS) is 1. The molecule has 0 spiro atoms. The Hall–Kier alpha value is -1.42.